The summed E-state index contributed by atoms with van der Waals surface area (Å²) in [7, 11) is 0. The van der Waals surface area contributed by atoms with E-state index in [2.05, 4.69) is 25.5 Å². The molecule has 18 heteroatoms. The van der Waals surface area contributed by atoms with Crippen LogP contribution in [-0.2, 0) is 28.8 Å². The van der Waals surface area contributed by atoms with E-state index in [1.54, 1.807) is 0 Å². The van der Waals surface area contributed by atoms with E-state index in [1.807, 2.05) is 0 Å². The molecule has 0 aromatic heterocycles. The maximum Gasteiger partial charge on any atom is 0.338 e. The van der Waals surface area contributed by atoms with E-state index >= 15 is 0 Å². The second-order valence-electron chi connectivity index (χ2n) is 6.13. The Hall–Kier alpha value is -3.61. The van der Waals surface area contributed by atoms with Gasteiger partial charge in [0.2, 0.25) is 0 Å². The molecule has 0 unspecified atom stereocenters. The average molecular weight is 460 g/mol. The van der Waals surface area contributed by atoms with Crippen LogP contribution in [0.2, 0.25) is 0 Å². The lowest BCUT2D eigenvalue weighted by atomic mass is 10.3. The molecule has 0 aliphatic rings. The van der Waals surface area contributed by atoms with Gasteiger partial charge in [-0.3, -0.25) is 33.9 Å². The summed E-state index contributed by atoms with van der Waals surface area (Å²) in [4.78, 5) is 105. The second-order valence-corrected chi connectivity index (χ2v) is 6.13. The van der Waals surface area contributed by atoms with E-state index < -0.39 is 62.3 Å². The van der Waals surface area contributed by atoms with Gasteiger partial charge >= 0.3 is 5.97 Å². The second kappa shape index (κ2) is 16.1. The first-order valence-corrected chi connectivity index (χ1v) is 8.70. The van der Waals surface area contributed by atoms with Crippen molar-refractivity contribution in [1.82, 2.24) is 14.7 Å². The van der Waals surface area contributed by atoms with Crippen molar-refractivity contribution in [1.29, 1.82) is 0 Å². The van der Waals surface area contributed by atoms with Crippen molar-refractivity contribution in [3.05, 3.63) is 19.6 Å². The Labute approximate surface area is 179 Å². The summed E-state index contributed by atoms with van der Waals surface area (Å²) in [5.41, 5.74) is 0. The molecule has 0 atom stereocenters. The lowest BCUT2D eigenvalue weighted by Gasteiger charge is -2.27. The van der Waals surface area contributed by atoms with Gasteiger partial charge in [0.15, 0.2) is 0 Å². The van der Waals surface area contributed by atoms with Gasteiger partial charge in [-0.15, -0.1) is 19.6 Å². The zero-order valence-corrected chi connectivity index (χ0v) is 16.7. The van der Waals surface area contributed by atoms with Gasteiger partial charge in [0.25, 0.3) is 23.6 Å². The van der Waals surface area contributed by atoms with Gasteiger partial charge in [-0.25, -0.2) is 4.79 Å². The molecule has 0 aliphatic carbocycles. The van der Waals surface area contributed by atoms with Crippen LogP contribution in [0.4, 0.5) is 0 Å². The summed E-state index contributed by atoms with van der Waals surface area (Å²) >= 11 is 0. The van der Waals surface area contributed by atoms with Crippen LogP contribution in [0.3, 0.4) is 0 Å². The van der Waals surface area contributed by atoms with Gasteiger partial charge in [-0.1, -0.05) is 0 Å². The highest BCUT2D eigenvalue weighted by atomic mass is 16.7. The first-order chi connectivity index (χ1) is 15.2. The quantitative estimate of drug-likeness (QED) is 0.184. The zero-order chi connectivity index (χ0) is 24.5. The third-order valence-electron chi connectivity index (χ3n) is 3.79. The highest BCUT2D eigenvalue weighted by Gasteiger charge is 2.21. The van der Waals surface area contributed by atoms with Gasteiger partial charge in [-0.05, 0) is 0 Å². The van der Waals surface area contributed by atoms with E-state index in [4.69, 9.17) is 5.90 Å². The van der Waals surface area contributed by atoms with Crippen LogP contribution < -0.4 is 5.90 Å². The normalized spacial score (nSPS) is 10.6. The fraction of sp³-hybridized carbons (Fsp3) is 0.643. The molecule has 0 rings (SSSR count). The van der Waals surface area contributed by atoms with Crippen molar-refractivity contribution in [3.63, 3.8) is 0 Å². The number of amides is 4. The highest BCUT2D eigenvalue weighted by molar-refractivity contribution is 5.82. The van der Waals surface area contributed by atoms with E-state index in [-0.39, 0.29) is 26.2 Å². The standard InChI is InChI=1S/C14H20N8O10/c15-32-14(27)9-22(8-13(26)19-31)4-2-20(5-10(23)16-28)1-3-21(6-11(24)17-29)7-12(25)18-30/h1-9,15H2. The largest absolute Gasteiger partial charge is 0.372 e. The first kappa shape index (κ1) is 28.4. The molecule has 0 bridgehead atoms. The van der Waals surface area contributed by atoms with Gasteiger partial charge < -0.3 is 4.84 Å². The van der Waals surface area contributed by atoms with Crippen LogP contribution in [0.5, 0.6) is 0 Å². The topological polar surface area (TPSA) is 248 Å². The van der Waals surface area contributed by atoms with Gasteiger partial charge in [0, 0.05) is 46.9 Å². The Kier molecular flexibility index (Phi) is 14.3. The molecule has 32 heavy (non-hydrogen) atoms. The summed E-state index contributed by atoms with van der Waals surface area (Å²) in [5.74, 6) is -0.641. The van der Waals surface area contributed by atoms with E-state index in [9.17, 15) is 43.6 Å². The average Bonchev–Trinajstić information content (AvgIpc) is 2.79. The lowest BCUT2D eigenvalue weighted by molar-refractivity contribution is -0.145. The number of hydrogen-bond acceptors (Lipinski definition) is 14. The molecule has 0 saturated heterocycles. The number of nitroso groups, excluding NO2 is 4. The molecule has 18 nitrogen and oxygen atoms in total. The SMILES string of the molecule is NOC(=O)CN(CCN(CCN(CC(=O)N=O)CC(=O)N=O)CC(=O)N=O)CC(=O)N=O. The molecule has 0 aromatic carbocycles. The molecular weight excluding hydrogens is 440 g/mol. The van der Waals surface area contributed by atoms with Crippen molar-refractivity contribution in [2.24, 2.45) is 26.6 Å². The maximum absolute atomic E-state index is 11.4. The molecule has 0 heterocycles. The number of carbonyl (C=O) groups is 5. The molecule has 0 fully saturated rings. The summed E-state index contributed by atoms with van der Waals surface area (Å²) in [6.07, 6.45) is 0. The number of hydrogen-bond donors (Lipinski definition) is 1. The molecule has 0 aromatic rings. The van der Waals surface area contributed by atoms with Crippen LogP contribution in [0.25, 0.3) is 0 Å². The van der Waals surface area contributed by atoms with Crippen molar-refractivity contribution in [2.45, 2.75) is 0 Å². The van der Waals surface area contributed by atoms with Crippen molar-refractivity contribution < 1.29 is 28.8 Å². The minimum absolute atomic E-state index is 0.0845. The Morgan fingerprint density at radius 3 is 1.12 bits per heavy atom. The van der Waals surface area contributed by atoms with Crippen molar-refractivity contribution >= 4 is 29.6 Å². The molecule has 0 aliphatic heterocycles. The fourth-order valence-electron chi connectivity index (χ4n) is 2.36. The van der Waals surface area contributed by atoms with Crippen LogP contribution >= 0.6 is 0 Å². The van der Waals surface area contributed by atoms with E-state index in [0.29, 0.717) is 0 Å². The van der Waals surface area contributed by atoms with E-state index in [0.717, 1.165) is 9.80 Å². The van der Waals surface area contributed by atoms with Crippen LogP contribution in [-0.4, -0.2) is 103 Å². The molecule has 0 spiro atoms. The van der Waals surface area contributed by atoms with Crippen LogP contribution in [0, 0.1) is 19.6 Å². The smallest absolute Gasteiger partial charge is 0.338 e. The predicted octanol–water partition coefficient (Wildman–Crippen LogP) is -2.52. The van der Waals surface area contributed by atoms with Crippen molar-refractivity contribution in [2.75, 3.05) is 58.9 Å². The van der Waals surface area contributed by atoms with Gasteiger partial charge in [0.1, 0.15) is 0 Å². The van der Waals surface area contributed by atoms with Gasteiger partial charge in [0.05, 0.1) is 32.7 Å². The summed E-state index contributed by atoms with van der Waals surface area (Å²) < 4.78 is 0. The summed E-state index contributed by atoms with van der Waals surface area (Å²) in [6.45, 7) is -3.30. The van der Waals surface area contributed by atoms with E-state index in [1.165, 1.54) is 4.90 Å². The Balaban J connectivity index is 5.26. The highest BCUT2D eigenvalue weighted by Crippen LogP contribution is 1.99. The third-order valence-corrected chi connectivity index (χ3v) is 3.79. The maximum atomic E-state index is 11.4. The number of carbonyl (C=O) groups excluding carboxylic acids is 5. The molecule has 0 radical (unpaired) electrons. The lowest BCUT2D eigenvalue weighted by Crippen LogP contribution is -2.45. The Morgan fingerprint density at radius 2 is 0.812 bits per heavy atom. The Bertz CT molecular complexity index is 723. The molecule has 2 N–H and O–H groups in total. The number of nitrogens with zero attached hydrogens (tertiary/aromatic N) is 7. The Morgan fingerprint density at radius 1 is 0.531 bits per heavy atom. The predicted molar refractivity (Wildman–Crippen MR) is 103 cm³/mol. The minimum atomic E-state index is -1.13. The zero-order valence-electron chi connectivity index (χ0n) is 16.7. The first-order valence-electron chi connectivity index (χ1n) is 8.70. The van der Waals surface area contributed by atoms with Crippen LogP contribution in [0.1, 0.15) is 0 Å². The van der Waals surface area contributed by atoms with Crippen molar-refractivity contribution in [3.8, 4) is 0 Å². The monoisotopic (exact) mass is 460 g/mol. The van der Waals surface area contributed by atoms with Gasteiger partial charge in [-0.2, -0.15) is 5.90 Å². The molecule has 176 valence electrons. The molecule has 4 amide bonds. The number of rotatable bonds is 16. The summed E-state index contributed by atoms with van der Waals surface area (Å²) in [5, 5.41) is 8.81. The van der Waals surface area contributed by atoms with Crippen LogP contribution in [0.15, 0.2) is 20.7 Å². The minimum Gasteiger partial charge on any atom is -0.372 e. The molecular formula is C14H20N8O10. The fourth-order valence-corrected chi connectivity index (χ4v) is 2.36. The summed E-state index contributed by atoms with van der Waals surface area (Å²) in [6, 6.07) is 0. The molecule has 0 saturated carbocycles. The third kappa shape index (κ3) is 12.8. The number of nitrogens with two attached hydrogens (primary N) is 1.